The van der Waals surface area contributed by atoms with E-state index in [0.717, 1.165) is 51.6 Å². The molecule has 0 spiro atoms. The van der Waals surface area contributed by atoms with E-state index in [9.17, 15) is 14.0 Å². The number of rotatable bonds is 4. The SMILES string of the molecule is O=C1CN(C(=O)C2(N3CCCCC3)CCCCC2)CCN1Cc1ccccc1F. The third-order valence-electron chi connectivity index (χ3n) is 6.97. The number of halogens is 1. The fraction of sp³-hybridized carbons (Fsp3) is 0.652. The van der Waals surface area contributed by atoms with Gasteiger partial charge in [0.2, 0.25) is 11.8 Å². The molecule has 2 saturated heterocycles. The summed E-state index contributed by atoms with van der Waals surface area (Å²) < 4.78 is 14.0. The average molecular weight is 402 g/mol. The Labute approximate surface area is 172 Å². The Morgan fingerprint density at radius 1 is 0.931 bits per heavy atom. The van der Waals surface area contributed by atoms with E-state index in [1.165, 1.54) is 18.9 Å². The van der Waals surface area contributed by atoms with Gasteiger partial charge >= 0.3 is 0 Å². The van der Waals surface area contributed by atoms with Crippen LogP contribution in [0.2, 0.25) is 0 Å². The molecular weight excluding hydrogens is 369 g/mol. The standard InChI is InChI=1S/C23H32FN3O2/c24-20-10-4-3-9-19(20)17-25-15-16-26(18-21(25)28)22(29)23(11-5-1-6-12-23)27-13-7-2-8-14-27/h3-4,9-10H,1-2,5-8,11-18H2. The normalized spacial score (nSPS) is 23.3. The number of carbonyl (C=O) groups is 2. The predicted octanol–water partition coefficient (Wildman–Crippen LogP) is 3.19. The minimum absolute atomic E-state index is 0.0857. The first kappa shape index (κ1) is 20.3. The molecule has 1 aliphatic carbocycles. The monoisotopic (exact) mass is 401 g/mol. The molecule has 158 valence electrons. The van der Waals surface area contributed by atoms with Gasteiger partial charge in [0.05, 0.1) is 6.54 Å². The molecule has 3 aliphatic rings. The number of amides is 2. The molecule has 2 aliphatic heterocycles. The molecule has 0 radical (unpaired) electrons. The zero-order chi connectivity index (χ0) is 20.3. The first-order chi connectivity index (χ1) is 14.1. The van der Waals surface area contributed by atoms with Gasteiger partial charge in [0.15, 0.2) is 0 Å². The van der Waals surface area contributed by atoms with Crippen LogP contribution in [0.4, 0.5) is 4.39 Å². The third kappa shape index (κ3) is 4.18. The molecule has 4 rings (SSSR count). The Morgan fingerprint density at radius 3 is 2.31 bits per heavy atom. The van der Waals surface area contributed by atoms with Crippen molar-refractivity contribution in [3.8, 4) is 0 Å². The molecule has 6 heteroatoms. The number of piperazine rings is 1. The number of hydrogen-bond acceptors (Lipinski definition) is 3. The molecule has 1 saturated carbocycles. The van der Waals surface area contributed by atoms with Gasteiger partial charge in [-0.15, -0.1) is 0 Å². The summed E-state index contributed by atoms with van der Waals surface area (Å²) in [5.74, 6) is -0.222. The summed E-state index contributed by atoms with van der Waals surface area (Å²) in [7, 11) is 0. The van der Waals surface area contributed by atoms with Crippen LogP contribution in [0.15, 0.2) is 24.3 Å². The van der Waals surface area contributed by atoms with E-state index < -0.39 is 5.54 Å². The third-order valence-corrected chi connectivity index (χ3v) is 6.97. The Morgan fingerprint density at radius 2 is 1.62 bits per heavy atom. The number of likely N-dealkylation sites (tertiary alicyclic amines) is 1. The van der Waals surface area contributed by atoms with Gasteiger partial charge in [-0.25, -0.2) is 4.39 Å². The lowest BCUT2D eigenvalue weighted by Gasteiger charge is -2.49. The lowest BCUT2D eigenvalue weighted by atomic mass is 9.78. The largest absolute Gasteiger partial charge is 0.335 e. The Kier molecular flexibility index (Phi) is 6.18. The van der Waals surface area contributed by atoms with E-state index in [4.69, 9.17) is 0 Å². The maximum atomic E-state index is 14.0. The molecule has 0 N–H and O–H groups in total. The van der Waals surface area contributed by atoms with Crippen LogP contribution in [0.5, 0.6) is 0 Å². The van der Waals surface area contributed by atoms with Gasteiger partial charge < -0.3 is 9.80 Å². The highest BCUT2D eigenvalue weighted by Gasteiger charge is 2.47. The molecule has 2 heterocycles. The molecule has 0 aromatic heterocycles. The first-order valence-electron chi connectivity index (χ1n) is 11.2. The lowest BCUT2D eigenvalue weighted by molar-refractivity contribution is -0.156. The van der Waals surface area contributed by atoms with Crippen molar-refractivity contribution in [2.75, 3.05) is 32.7 Å². The quantitative estimate of drug-likeness (QED) is 0.778. The van der Waals surface area contributed by atoms with E-state index in [-0.39, 0.29) is 30.7 Å². The Bertz CT molecular complexity index is 741. The van der Waals surface area contributed by atoms with Gasteiger partial charge in [-0.3, -0.25) is 14.5 Å². The minimum Gasteiger partial charge on any atom is -0.335 e. The zero-order valence-electron chi connectivity index (χ0n) is 17.2. The van der Waals surface area contributed by atoms with Gasteiger partial charge in [0.1, 0.15) is 11.4 Å². The van der Waals surface area contributed by atoms with Gasteiger partial charge in [0, 0.05) is 25.2 Å². The smallest absolute Gasteiger partial charge is 0.243 e. The van der Waals surface area contributed by atoms with Crippen LogP contribution >= 0.6 is 0 Å². The molecule has 1 aromatic carbocycles. The molecule has 0 atom stereocenters. The van der Waals surface area contributed by atoms with Crippen molar-refractivity contribution < 1.29 is 14.0 Å². The maximum absolute atomic E-state index is 14.0. The van der Waals surface area contributed by atoms with Crippen LogP contribution in [-0.4, -0.2) is 64.8 Å². The van der Waals surface area contributed by atoms with E-state index in [2.05, 4.69) is 4.90 Å². The predicted molar refractivity (Wildman–Crippen MR) is 110 cm³/mol. The van der Waals surface area contributed by atoms with Gasteiger partial charge in [-0.05, 0) is 44.8 Å². The zero-order valence-corrected chi connectivity index (χ0v) is 17.2. The number of benzene rings is 1. The number of hydrogen-bond donors (Lipinski definition) is 0. The molecule has 0 bridgehead atoms. The summed E-state index contributed by atoms with van der Waals surface area (Å²) in [4.78, 5) is 32.4. The van der Waals surface area contributed by atoms with Crippen molar-refractivity contribution in [2.24, 2.45) is 0 Å². The van der Waals surface area contributed by atoms with Crippen molar-refractivity contribution in [1.82, 2.24) is 14.7 Å². The summed E-state index contributed by atoms with van der Waals surface area (Å²) in [5, 5.41) is 0. The van der Waals surface area contributed by atoms with Crippen LogP contribution in [0.25, 0.3) is 0 Å². The van der Waals surface area contributed by atoms with E-state index in [1.54, 1.807) is 28.0 Å². The molecular formula is C23H32FN3O2. The average Bonchev–Trinajstić information content (AvgIpc) is 2.77. The fourth-order valence-electron chi connectivity index (χ4n) is 5.30. The number of nitrogens with zero attached hydrogens (tertiary/aromatic N) is 3. The van der Waals surface area contributed by atoms with E-state index in [1.807, 2.05) is 0 Å². The summed E-state index contributed by atoms with van der Waals surface area (Å²) in [5.41, 5.74) is 0.116. The Hall–Kier alpha value is -1.95. The molecule has 0 unspecified atom stereocenters. The van der Waals surface area contributed by atoms with Crippen molar-refractivity contribution >= 4 is 11.8 Å². The van der Waals surface area contributed by atoms with Crippen molar-refractivity contribution in [1.29, 1.82) is 0 Å². The highest BCUT2D eigenvalue weighted by Crippen LogP contribution is 2.37. The van der Waals surface area contributed by atoms with Crippen LogP contribution in [0.3, 0.4) is 0 Å². The highest BCUT2D eigenvalue weighted by atomic mass is 19.1. The van der Waals surface area contributed by atoms with Crippen molar-refractivity contribution in [2.45, 2.75) is 63.5 Å². The van der Waals surface area contributed by atoms with Crippen LogP contribution in [0.1, 0.15) is 56.9 Å². The van der Waals surface area contributed by atoms with E-state index in [0.29, 0.717) is 18.7 Å². The highest BCUT2D eigenvalue weighted by molar-refractivity contribution is 5.91. The van der Waals surface area contributed by atoms with Crippen molar-refractivity contribution in [3.05, 3.63) is 35.6 Å². The number of piperidine rings is 1. The van der Waals surface area contributed by atoms with Crippen LogP contribution < -0.4 is 0 Å². The van der Waals surface area contributed by atoms with Crippen LogP contribution in [-0.2, 0) is 16.1 Å². The van der Waals surface area contributed by atoms with Gasteiger partial charge in [-0.2, -0.15) is 0 Å². The molecule has 3 fully saturated rings. The molecule has 2 amide bonds. The van der Waals surface area contributed by atoms with Gasteiger partial charge in [-0.1, -0.05) is 43.9 Å². The Balaban J connectivity index is 1.45. The van der Waals surface area contributed by atoms with Crippen LogP contribution in [0, 0.1) is 5.82 Å². The molecule has 5 nitrogen and oxygen atoms in total. The lowest BCUT2D eigenvalue weighted by Crippen LogP contribution is -2.64. The second-order valence-corrected chi connectivity index (χ2v) is 8.77. The summed E-state index contributed by atoms with van der Waals surface area (Å²) in [6.07, 6.45) is 8.75. The molecule has 1 aromatic rings. The summed E-state index contributed by atoms with van der Waals surface area (Å²) in [6, 6.07) is 6.58. The second-order valence-electron chi connectivity index (χ2n) is 8.77. The first-order valence-corrected chi connectivity index (χ1v) is 11.2. The topological polar surface area (TPSA) is 43.9 Å². The van der Waals surface area contributed by atoms with E-state index >= 15 is 0 Å². The maximum Gasteiger partial charge on any atom is 0.243 e. The fourth-order valence-corrected chi connectivity index (χ4v) is 5.30. The van der Waals surface area contributed by atoms with Crippen molar-refractivity contribution in [3.63, 3.8) is 0 Å². The summed E-state index contributed by atoms with van der Waals surface area (Å²) >= 11 is 0. The second kappa shape index (κ2) is 8.82. The number of carbonyl (C=O) groups excluding carboxylic acids is 2. The summed E-state index contributed by atoms with van der Waals surface area (Å²) in [6.45, 7) is 3.37. The minimum atomic E-state index is -0.410. The van der Waals surface area contributed by atoms with Gasteiger partial charge in [0.25, 0.3) is 0 Å². The molecule has 29 heavy (non-hydrogen) atoms.